The van der Waals surface area contributed by atoms with E-state index in [1.165, 1.54) is 0 Å². The average molecular weight is 270 g/mol. The van der Waals surface area contributed by atoms with Crippen molar-refractivity contribution in [2.75, 3.05) is 0 Å². The van der Waals surface area contributed by atoms with Crippen molar-refractivity contribution in [2.24, 2.45) is 5.92 Å². The lowest BCUT2D eigenvalue weighted by molar-refractivity contribution is -0.145. The molecule has 1 aromatic carbocycles. The molecule has 1 saturated carbocycles. The molecule has 1 aliphatic carbocycles. The van der Waals surface area contributed by atoms with Crippen molar-refractivity contribution in [2.45, 2.75) is 18.9 Å². The maximum Gasteiger partial charge on any atom is 0.306 e. The van der Waals surface area contributed by atoms with Crippen molar-refractivity contribution in [3.63, 3.8) is 0 Å². The van der Waals surface area contributed by atoms with Crippen molar-refractivity contribution >= 4 is 22.6 Å². The summed E-state index contributed by atoms with van der Waals surface area (Å²) < 4.78 is 0. The van der Waals surface area contributed by atoms with Gasteiger partial charge in [0.2, 0.25) is 0 Å². The Bertz CT molecular complexity index is 678. The van der Waals surface area contributed by atoms with Gasteiger partial charge in [-0.2, -0.15) is 0 Å². The van der Waals surface area contributed by atoms with Gasteiger partial charge in [0, 0.05) is 29.4 Å². The van der Waals surface area contributed by atoms with Gasteiger partial charge in [-0.05, 0) is 36.4 Å². The Morgan fingerprint density at radius 2 is 2.00 bits per heavy atom. The van der Waals surface area contributed by atoms with Crippen LogP contribution in [0.2, 0.25) is 0 Å². The number of carbonyl (C=O) groups is 2. The molecule has 3 rings (SSSR count). The first-order valence-electron chi connectivity index (χ1n) is 6.51. The molecule has 0 radical (unpaired) electrons. The van der Waals surface area contributed by atoms with Gasteiger partial charge in [-0.25, -0.2) is 0 Å². The monoisotopic (exact) mass is 270 g/mol. The highest BCUT2D eigenvalue weighted by atomic mass is 16.4. The van der Waals surface area contributed by atoms with Gasteiger partial charge in [-0.3, -0.25) is 14.6 Å². The predicted octanol–water partition coefficient (Wildman–Crippen LogP) is 1.83. The first-order chi connectivity index (χ1) is 9.63. The molecule has 1 fully saturated rings. The summed E-state index contributed by atoms with van der Waals surface area (Å²) in [6.07, 6.45) is 4.45. The lowest BCUT2D eigenvalue weighted by Crippen LogP contribution is -2.46. The molecule has 0 aliphatic heterocycles. The number of aromatic nitrogens is 1. The van der Waals surface area contributed by atoms with Crippen LogP contribution in [0.1, 0.15) is 23.2 Å². The molecule has 1 amide bonds. The summed E-state index contributed by atoms with van der Waals surface area (Å²) >= 11 is 0. The number of carboxylic acid groups (broad SMARTS) is 1. The molecular formula is C15H14N2O3. The zero-order valence-corrected chi connectivity index (χ0v) is 10.7. The third-order valence-corrected chi connectivity index (χ3v) is 3.73. The van der Waals surface area contributed by atoms with Crippen LogP contribution in [0.25, 0.3) is 10.8 Å². The second-order valence-electron chi connectivity index (χ2n) is 5.11. The topological polar surface area (TPSA) is 79.3 Å². The normalized spacial score (nSPS) is 21.2. The van der Waals surface area contributed by atoms with Gasteiger partial charge in [-0.15, -0.1) is 0 Å². The molecule has 5 heteroatoms. The first-order valence-corrected chi connectivity index (χ1v) is 6.51. The zero-order valence-electron chi connectivity index (χ0n) is 10.7. The molecule has 2 N–H and O–H groups in total. The Kier molecular flexibility index (Phi) is 3.10. The van der Waals surface area contributed by atoms with E-state index in [0.717, 1.165) is 10.8 Å². The van der Waals surface area contributed by atoms with E-state index in [9.17, 15) is 9.59 Å². The number of carbonyl (C=O) groups excluding carboxylic acids is 1. The van der Waals surface area contributed by atoms with Crippen LogP contribution in [0.5, 0.6) is 0 Å². The van der Waals surface area contributed by atoms with Gasteiger partial charge in [0.25, 0.3) is 5.91 Å². The second-order valence-corrected chi connectivity index (χ2v) is 5.11. The van der Waals surface area contributed by atoms with Gasteiger partial charge in [0.1, 0.15) is 0 Å². The Morgan fingerprint density at radius 3 is 2.75 bits per heavy atom. The van der Waals surface area contributed by atoms with E-state index in [-0.39, 0.29) is 17.9 Å². The number of benzene rings is 1. The van der Waals surface area contributed by atoms with Crippen LogP contribution in [0, 0.1) is 5.92 Å². The minimum atomic E-state index is -0.785. The number of aliphatic carboxylic acids is 1. The lowest BCUT2D eigenvalue weighted by atomic mass is 9.80. The largest absolute Gasteiger partial charge is 0.481 e. The second kappa shape index (κ2) is 4.92. The van der Waals surface area contributed by atoms with Crippen LogP contribution in [0.3, 0.4) is 0 Å². The van der Waals surface area contributed by atoms with E-state index >= 15 is 0 Å². The van der Waals surface area contributed by atoms with Crippen LogP contribution in [-0.4, -0.2) is 28.0 Å². The molecule has 0 unspecified atom stereocenters. The number of rotatable bonds is 3. The van der Waals surface area contributed by atoms with Crippen molar-refractivity contribution in [1.29, 1.82) is 0 Å². The van der Waals surface area contributed by atoms with Crippen molar-refractivity contribution in [1.82, 2.24) is 10.3 Å². The van der Waals surface area contributed by atoms with Crippen LogP contribution in [0.15, 0.2) is 36.7 Å². The molecule has 0 saturated heterocycles. The zero-order chi connectivity index (χ0) is 14.1. The van der Waals surface area contributed by atoms with Crippen LogP contribution >= 0.6 is 0 Å². The predicted molar refractivity (Wildman–Crippen MR) is 73.4 cm³/mol. The number of amides is 1. The molecule has 1 aromatic heterocycles. The summed E-state index contributed by atoms with van der Waals surface area (Å²) in [6, 6.07) is 7.30. The summed E-state index contributed by atoms with van der Waals surface area (Å²) in [5.41, 5.74) is 0.573. The molecule has 102 valence electrons. The summed E-state index contributed by atoms with van der Waals surface area (Å²) in [6.45, 7) is 0. The molecule has 0 atom stereocenters. The molecule has 5 nitrogen and oxygen atoms in total. The molecule has 1 aliphatic rings. The fourth-order valence-corrected chi connectivity index (χ4v) is 2.43. The van der Waals surface area contributed by atoms with E-state index in [4.69, 9.17) is 5.11 Å². The van der Waals surface area contributed by atoms with Crippen LogP contribution in [0.4, 0.5) is 0 Å². The fraction of sp³-hybridized carbons (Fsp3) is 0.267. The number of hydrogen-bond donors (Lipinski definition) is 2. The summed E-state index contributed by atoms with van der Waals surface area (Å²) in [7, 11) is 0. The molecule has 0 bridgehead atoms. The number of nitrogens with one attached hydrogen (secondary N) is 1. The van der Waals surface area contributed by atoms with E-state index in [0.29, 0.717) is 18.4 Å². The SMILES string of the molecule is O=C(NC1CC(C(=O)O)C1)c1ccc2ccncc2c1. The highest BCUT2D eigenvalue weighted by Crippen LogP contribution is 2.27. The molecule has 1 heterocycles. The Balaban J connectivity index is 1.69. The van der Waals surface area contributed by atoms with Crippen LogP contribution < -0.4 is 5.32 Å². The third kappa shape index (κ3) is 2.34. The van der Waals surface area contributed by atoms with E-state index in [2.05, 4.69) is 10.3 Å². The fourth-order valence-electron chi connectivity index (χ4n) is 2.43. The molecular weight excluding hydrogens is 256 g/mol. The van der Waals surface area contributed by atoms with Gasteiger partial charge in [0.05, 0.1) is 5.92 Å². The smallest absolute Gasteiger partial charge is 0.306 e. The van der Waals surface area contributed by atoms with E-state index < -0.39 is 5.97 Å². The standard InChI is InChI=1S/C15H14N2O3/c18-14(17-13-6-11(7-13)15(19)20)10-2-1-9-3-4-16-8-12(9)5-10/h1-5,8,11,13H,6-7H2,(H,17,18)(H,19,20). The van der Waals surface area contributed by atoms with Gasteiger partial charge >= 0.3 is 5.97 Å². The highest BCUT2D eigenvalue weighted by molar-refractivity contribution is 5.98. The van der Waals surface area contributed by atoms with Gasteiger partial charge < -0.3 is 10.4 Å². The number of nitrogens with zero attached hydrogens (tertiary/aromatic N) is 1. The van der Waals surface area contributed by atoms with Gasteiger partial charge in [0.15, 0.2) is 0 Å². The average Bonchev–Trinajstić information content (AvgIpc) is 2.41. The maximum absolute atomic E-state index is 12.1. The van der Waals surface area contributed by atoms with Crippen molar-refractivity contribution in [3.8, 4) is 0 Å². The maximum atomic E-state index is 12.1. The minimum Gasteiger partial charge on any atom is -0.481 e. The molecule has 2 aromatic rings. The Hall–Kier alpha value is -2.43. The molecule has 20 heavy (non-hydrogen) atoms. The summed E-state index contributed by atoms with van der Waals surface area (Å²) in [5, 5.41) is 13.6. The highest BCUT2D eigenvalue weighted by Gasteiger charge is 2.35. The Morgan fingerprint density at radius 1 is 1.20 bits per heavy atom. The number of hydrogen-bond acceptors (Lipinski definition) is 3. The van der Waals surface area contributed by atoms with Crippen LogP contribution in [-0.2, 0) is 4.79 Å². The minimum absolute atomic E-state index is 0.0341. The quantitative estimate of drug-likeness (QED) is 0.891. The summed E-state index contributed by atoms with van der Waals surface area (Å²) in [4.78, 5) is 26.8. The number of carboxylic acids is 1. The first kappa shape index (κ1) is 12.6. The third-order valence-electron chi connectivity index (χ3n) is 3.73. The number of pyridine rings is 1. The molecule has 0 spiro atoms. The lowest BCUT2D eigenvalue weighted by Gasteiger charge is -2.32. The van der Waals surface area contributed by atoms with Gasteiger partial charge in [-0.1, -0.05) is 6.07 Å². The summed E-state index contributed by atoms with van der Waals surface area (Å²) in [5.74, 6) is -1.27. The van der Waals surface area contributed by atoms with Crippen molar-refractivity contribution < 1.29 is 14.7 Å². The Labute approximate surface area is 115 Å². The number of fused-ring (bicyclic) bond motifs is 1. The van der Waals surface area contributed by atoms with E-state index in [1.54, 1.807) is 24.5 Å². The van der Waals surface area contributed by atoms with Crippen molar-refractivity contribution in [3.05, 3.63) is 42.2 Å². The van der Waals surface area contributed by atoms with E-state index in [1.807, 2.05) is 12.1 Å².